The molecule has 1 aromatic heterocycles. The first-order valence-electron chi connectivity index (χ1n) is 10.6. The van der Waals surface area contributed by atoms with E-state index in [9.17, 15) is 4.79 Å². The average molecular weight is 461 g/mol. The number of aromatic nitrogens is 2. The smallest absolute Gasteiger partial charge is 0.258 e. The second kappa shape index (κ2) is 11.0. The molecule has 3 aromatic rings. The van der Waals surface area contributed by atoms with E-state index in [-0.39, 0.29) is 18.1 Å². The molecule has 176 valence electrons. The number of rotatable bonds is 9. The maximum Gasteiger partial charge on any atom is 0.258 e. The number of para-hydroxylation sites is 1. The highest BCUT2D eigenvalue weighted by molar-refractivity contribution is 5.81. The van der Waals surface area contributed by atoms with E-state index >= 15 is 0 Å². The maximum atomic E-state index is 12.1. The number of amides is 1. The number of nitrogens with zero attached hydrogens (tertiary/aromatic N) is 2. The van der Waals surface area contributed by atoms with Crippen molar-refractivity contribution in [1.82, 2.24) is 15.3 Å². The molecule has 0 spiro atoms. The third-order valence-corrected chi connectivity index (χ3v) is 4.30. The minimum absolute atomic E-state index is 0.109. The lowest BCUT2D eigenvalue weighted by atomic mass is 10.1. The van der Waals surface area contributed by atoms with Gasteiger partial charge in [-0.1, -0.05) is 30.3 Å². The quantitative estimate of drug-likeness (QED) is 0.353. The molecule has 5 N–H and O–H groups in total. The van der Waals surface area contributed by atoms with Gasteiger partial charge in [0.2, 0.25) is 0 Å². The molecule has 9 heteroatoms. The molecular weight excluding hydrogens is 432 g/mol. The molecule has 2 aromatic carbocycles. The van der Waals surface area contributed by atoms with Crippen LogP contribution in [0.25, 0.3) is 11.4 Å². The van der Waals surface area contributed by atoms with Crippen molar-refractivity contribution in [2.24, 2.45) is 5.73 Å². The summed E-state index contributed by atoms with van der Waals surface area (Å²) in [5.74, 6) is 2.00. The van der Waals surface area contributed by atoms with Gasteiger partial charge in [-0.15, -0.1) is 0 Å². The Hall–Kier alpha value is -4.40. The number of hydrogen-bond donors (Lipinski definition) is 4. The Morgan fingerprint density at radius 1 is 1.12 bits per heavy atom. The molecule has 0 unspecified atom stereocenters. The van der Waals surface area contributed by atoms with E-state index in [1.54, 1.807) is 24.4 Å². The highest BCUT2D eigenvalue weighted by atomic mass is 16.5. The van der Waals surface area contributed by atoms with E-state index in [0.717, 1.165) is 6.21 Å². The van der Waals surface area contributed by atoms with Gasteiger partial charge in [-0.2, -0.15) is 0 Å². The van der Waals surface area contributed by atoms with Gasteiger partial charge in [0, 0.05) is 23.5 Å². The molecular formula is C25H28N6O3. The van der Waals surface area contributed by atoms with Crippen molar-refractivity contribution in [3.05, 3.63) is 72.7 Å². The maximum absolute atomic E-state index is 12.1. The predicted octanol–water partition coefficient (Wildman–Crippen LogP) is 4.09. The number of carbonyl (C=O) groups is 1. The van der Waals surface area contributed by atoms with Crippen LogP contribution in [0.5, 0.6) is 17.2 Å². The highest BCUT2D eigenvalue weighted by Gasteiger charge is 2.15. The van der Waals surface area contributed by atoms with Crippen LogP contribution in [0.3, 0.4) is 0 Å². The van der Waals surface area contributed by atoms with Crippen LogP contribution >= 0.6 is 0 Å². The van der Waals surface area contributed by atoms with Crippen molar-refractivity contribution in [3.8, 4) is 28.6 Å². The molecule has 0 radical (unpaired) electrons. The number of ether oxygens (including phenoxy) is 2. The number of carbonyl (C=O) groups excluding carboxylic acids is 1. The number of allylic oxidation sites excluding steroid dienone is 1. The Kier molecular flexibility index (Phi) is 7.81. The van der Waals surface area contributed by atoms with Gasteiger partial charge in [0.25, 0.3) is 5.91 Å². The summed E-state index contributed by atoms with van der Waals surface area (Å²) in [6.07, 6.45) is 3.88. The van der Waals surface area contributed by atoms with Gasteiger partial charge in [0.05, 0.1) is 11.9 Å². The van der Waals surface area contributed by atoms with Crippen LogP contribution in [0.2, 0.25) is 0 Å². The number of benzene rings is 2. The molecule has 1 amide bonds. The van der Waals surface area contributed by atoms with Crippen molar-refractivity contribution >= 4 is 17.9 Å². The largest absolute Gasteiger partial charge is 0.484 e. The zero-order chi connectivity index (χ0) is 24.6. The van der Waals surface area contributed by atoms with E-state index < -0.39 is 0 Å². The topological polar surface area (TPSA) is 135 Å². The molecule has 0 aliphatic carbocycles. The SMILES string of the molecule is CC(C)(C)NC(=O)COc1cccc(-c2ncc(Oc3ccccc3)c(N/C(C=N)=C/N)n2)c1. The van der Waals surface area contributed by atoms with E-state index in [1.807, 2.05) is 57.2 Å². The summed E-state index contributed by atoms with van der Waals surface area (Å²) in [7, 11) is 0. The van der Waals surface area contributed by atoms with Gasteiger partial charge in [0.1, 0.15) is 11.5 Å². The molecule has 0 fully saturated rings. The van der Waals surface area contributed by atoms with Crippen molar-refractivity contribution in [2.75, 3.05) is 11.9 Å². The lowest BCUT2D eigenvalue weighted by molar-refractivity contribution is -0.124. The Labute approximate surface area is 198 Å². The van der Waals surface area contributed by atoms with Gasteiger partial charge in [-0.25, -0.2) is 9.97 Å². The first kappa shape index (κ1) is 24.2. The minimum Gasteiger partial charge on any atom is -0.484 e. The lowest BCUT2D eigenvalue weighted by Crippen LogP contribution is -2.43. The Bertz CT molecular complexity index is 1170. The van der Waals surface area contributed by atoms with Crippen molar-refractivity contribution in [2.45, 2.75) is 26.3 Å². The Morgan fingerprint density at radius 3 is 2.53 bits per heavy atom. The second-order valence-electron chi connectivity index (χ2n) is 8.33. The third kappa shape index (κ3) is 7.06. The van der Waals surface area contributed by atoms with Gasteiger partial charge in [-0.05, 0) is 45.0 Å². The van der Waals surface area contributed by atoms with Crippen molar-refractivity contribution < 1.29 is 14.3 Å². The molecule has 0 bridgehead atoms. The summed E-state index contributed by atoms with van der Waals surface area (Å²) in [6, 6.07) is 16.3. The molecule has 1 heterocycles. The third-order valence-electron chi connectivity index (χ3n) is 4.30. The summed E-state index contributed by atoms with van der Waals surface area (Å²) < 4.78 is 11.6. The first-order chi connectivity index (χ1) is 16.3. The zero-order valence-corrected chi connectivity index (χ0v) is 19.3. The summed E-state index contributed by atoms with van der Waals surface area (Å²) in [6.45, 7) is 5.61. The summed E-state index contributed by atoms with van der Waals surface area (Å²) in [5, 5.41) is 13.4. The van der Waals surface area contributed by atoms with Crippen LogP contribution in [0.1, 0.15) is 20.8 Å². The Morgan fingerprint density at radius 2 is 1.85 bits per heavy atom. The van der Waals surface area contributed by atoms with E-state index in [2.05, 4.69) is 20.6 Å². The van der Waals surface area contributed by atoms with Crippen LogP contribution in [0.15, 0.2) is 72.7 Å². The molecule has 0 saturated carbocycles. The minimum atomic E-state index is -0.337. The van der Waals surface area contributed by atoms with Gasteiger partial charge in [0.15, 0.2) is 24.0 Å². The van der Waals surface area contributed by atoms with Gasteiger partial charge in [-0.3, -0.25) is 4.79 Å². The summed E-state index contributed by atoms with van der Waals surface area (Å²) >= 11 is 0. The summed E-state index contributed by atoms with van der Waals surface area (Å²) in [4.78, 5) is 21.1. The lowest BCUT2D eigenvalue weighted by Gasteiger charge is -2.20. The molecule has 0 atom stereocenters. The zero-order valence-electron chi connectivity index (χ0n) is 19.3. The van der Waals surface area contributed by atoms with Crippen LogP contribution in [0.4, 0.5) is 5.82 Å². The molecule has 0 saturated heterocycles. The number of nitrogens with two attached hydrogens (primary N) is 1. The standard InChI is InChI=1S/C25H28N6O3/c1-25(2,3)31-22(32)16-33-20-11-7-8-17(12-20)23-28-15-21(34-19-9-5-4-6-10-19)24(30-23)29-18(13-26)14-27/h4-15,26H,16,27H2,1-3H3,(H,31,32)(H,28,29,30)/b18-14+,26-13?. The van der Waals surface area contributed by atoms with E-state index in [0.29, 0.717) is 40.2 Å². The fourth-order valence-corrected chi connectivity index (χ4v) is 2.88. The van der Waals surface area contributed by atoms with Crippen LogP contribution in [0, 0.1) is 5.41 Å². The monoisotopic (exact) mass is 460 g/mol. The number of anilines is 1. The fraction of sp³-hybridized carbons (Fsp3) is 0.200. The fourth-order valence-electron chi connectivity index (χ4n) is 2.88. The normalized spacial score (nSPS) is 11.4. The van der Waals surface area contributed by atoms with E-state index in [1.165, 1.54) is 6.20 Å². The van der Waals surface area contributed by atoms with Crippen LogP contribution in [-0.2, 0) is 4.79 Å². The molecule has 9 nitrogen and oxygen atoms in total. The predicted molar refractivity (Wildman–Crippen MR) is 132 cm³/mol. The average Bonchev–Trinajstić information content (AvgIpc) is 2.82. The number of hydrogen-bond acceptors (Lipinski definition) is 8. The first-order valence-corrected chi connectivity index (χ1v) is 10.6. The van der Waals surface area contributed by atoms with Gasteiger partial charge < -0.3 is 31.3 Å². The molecule has 3 rings (SSSR count). The second-order valence-corrected chi connectivity index (χ2v) is 8.33. The van der Waals surface area contributed by atoms with Crippen molar-refractivity contribution in [3.63, 3.8) is 0 Å². The van der Waals surface area contributed by atoms with Crippen molar-refractivity contribution in [1.29, 1.82) is 5.41 Å². The molecule has 0 aliphatic heterocycles. The van der Waals surface area contributed by atoms with E-state index in [4.69, 9.17) is 20.6 Å². The van der Waals surface area contributed by atoms with Crippen LogP contribution in [-0.4, -0.2) is 34.2 Å². The van der Waals surface area contributed by atoms with Gasteiger partial charge >= 0.3 is 0 Å². The highest BCUT2D eigenvalue weighted by Crippen LogP contribution is 2.31. The molecule has 0 aliphatic rings. The number of nitrogens with one attached hydrogen (secondary N) is 3. The van der Waals surface area contributed by atoms with Crippen LogP contribution < -0.4 is 25.8 Å². The summed E-state index contributed by atoms with van der Waals surface area (Å²) in [5.41, 5.74) is 6.27. The molecule has 34 heavy (non-hydrogen) atoms. The Balaban J connectivity index is 1.85.